The molecule has 0 bridgehead atoms. The molecule has 0 radical (unpaired) electrons. The monoisotopic (exact) mass is 279 g/mol. The van der Waals surface area contributed by atoms with Gasteiger partial charge >= 0.3 is 0 Å². The lowest BCUT2D eigenvalue weighted by molar-refractivity contribution is 0.710. The summed E-state index contributed by atoms with van der Waals surface area (Å²) < 4.78 is 0.521. The smallest absolute Gasteiger partial charge is 0.207 e. The number of aromatic nitrogens is 2. The molecule has 18 heavy (non-hydrogen) atoms. The number of hydrogen-bond acceptors (Lipinski definition) is 4. The second-order valence-electron chi connectivity index (χ2n) is 4.46. The molecule has 0 N–H and O–H groups in total. The van der Waals surface area contributed by atoms with Crippen LogP contribution in [0.25, 0.3) is 0 Å². The van der Waals surface area contributed by atoms with Crippen LogP contribution in [0.2, 0.25) is 4.47 Å². The highest BCUT2D eigenvalue weighted by Gasteiger charge is 2.16. The summed E-state index contributed by atoms with van der Waals surface area (Å²) in [5, 5.41) is 8.96. The van der Waals surface area contributed by atoms with Crippen molar-refractivity contribution < 1.29 is 0 Å². The van der Waals surface area contributed by atoms with Crippen LogP contribution in [0.15, 0.2) is 24.3 Å². The van der Waals surface area contributed by atoms with Crippen LogP contribution in [0, 0.1) is 0 Å². The summed E-state index contributed by atoms with van der Waals surface area (Å²) in [5.74, 6) is 0. The Morgan fingerprint density at radius 1 is 1.22 bits per heavy atom. The third kappa shape index (κ3) is 2.49. The number of halogens is 1. The Morgan fingerprint density at radius 2 is 2.11 bits per heavy atom. The molecule has 2 aromatic rings. The third-order valence-electron chi connectivity index (χ3n) is 3.22. The molecular weight excluding hydrogens is 266 g/mol. The Bertz CT molecular complexity index is 541. The molecule has 0 amide bonds. The quantitative estimate of drug-likeness (QED) is 0.842. The minimum Gasteiger partial charge on any atom is -0.364 e. The zero-order chi connectivity index (χ0) is 12.4. The molecule has 1 aromatic heterocycles. The first-order valence-corrected chi connectivity index (χ1v) is 7.33. The number of rotatable bonds is 2. The number of fused-ring (bicyclic) bond motifs is 1. The van der Waals surface area contributed by atoms with E-state index in [1.807, 2.05) is 0 Å². The van der Waals surface area contributed by atoms with Gasteiger partial charge in [-0.05, 0) is 42.5 Å². The van der Waals surface area contributed by atoms with Gasteiger partial charge in [-0.1, -0.05) is 29.5 Å². The van der Waals surface area contributed by atoms with Crippen molar-refractivity contribution in [1.82, 2.24) is 10.2 Å². The van der Waals surface area contributed by atoms with Gasteiger partial charge in [-0.3, -0.25) is 0 Å². The van der Waals surface area contributed by atoms with Gasteiger partial charge in [0.05, 0.1) is 6.54 Å². The van der Waals surface area contributed by atoms with E-state index in [0.717, 1.165) is 18.1 Å². The second-order valence-corrected chi connectivity index (χ2v) is 6.10. The van der Waals surface area contributed by atoms with E-state index < -0.39 is 0 Å². The number of hydrogen-bond donors (Lipinski definition) is 0. The van der Waals surface area contributed by atoms with E-state index in [1.165, 1.54) is 41.9 Å². The van der Waals surface area contributed by atoms with E-state index in [9.17, 15) is 0 Å². The minimum atomic E-state index is 0.521. The fourth-order valence-electron chi connectivity index (χ4n) is 2.39. The normalized spacial score (nSPS) is 15.3. The van der Waals surface area contributed by atoms with Crippen LogP contribution in [0.5, 0.6) is 0 Å². The Hall–Kier alpha value is -1.13. The summed E-state index contributed by atoms with van der Waals surface area (Å²) in [7, 11) is 0. The first-order valence-electron chi connectivity index (χ1n) is 6.13. The van der Waals surface area contributed by atoms with Crippen molar-refractivity contribution in [1.29, 1.82) is 0 Å². The van der Waals surface area contributed by atoms with Crippen molar-refractivity contribution >= 4 is 28.6 Å². The lowest BCUT2D eigenvalue weighted by atomic mass is 10.1. The van der Waals surface area contributed by atoms with Gasteiger partial charge in [-0.2, -0.15) is 0 Å². The zero-order valence-corrected chi connectivity index (χ0v) is 11.5. The summed E-state index contributed by atoms with van der Waals surface area (Å²) in [6.45, 7) is 1.88. The number of nitrogens with zero attached hydrogens (tertiary/aromatic N) is 3. The fraction of sp³-hybridized carbons (Fsp3) is 0.385. The van der Waals surface area contributed by atoms with Crippen LogP contribution >= 0.6 is 22.9 Å². The molecule has 94 valence electrons. The number of aryl methyl sites for hydroxylation is 1. The Labute approximate surface area is 115 Å². The van der Waals surface area contributed by atoms with Gasteiger partial charge in [0, 0.05) is 12.2 Å². The Morgan fingerprint density at radius 3 is 2.94 bits per heavy atom. The summed E-state index contributed by atoms with van der Waals surface area (Å²) in [6.07, 6.45) is 3.65. The fourth-order valence-corrected chi connectivity index (χ4v) is 3.28. The van der Waals surface area contributed by atoms with Crippen LogP contribution in [-0.4, -0.2) is 16.7 Å². The van der Waals surface area contributed by atoms with E-state index >= 15 is 0 Å². The van der Waals surface area contributed by atoms with Gasteiger partial charge in [-0.25, -0.2) is 0 Å². The van der Waals surface area contributed by atoms with Crippen LogP contribution in [0.3, 0.4) is 0 Å². The summed E-state index contributed by atoms with van der Waals surface area (Å²) in [6, 6.07) is 8.64. The van der Waals surface area contributed by atoms with Crippen LogP contribution < -0.4 is 4.90 Å². The molecule has 2 heterocycles. The highest BCUT2D eigenvalue weighted by molar-refractivity contribution is 7.15. The Balaban J connectivity index is 1.87. The van der Waals surface area contributed by atoms with Crippen molar-refractivity contribution in [2.75, 3.05) is 11.4 Å². The molecule has 0 unspecified atom stereocenters. The molecule has 0 aliphatic carbocycles. The molecule has 1 aromatic carbocycles. The van der Waals surface area contributed by atoms with Crippen molar-refractivity contribution in [3.8, 4) is 0 Å². The first-order chi connectivity index (χ1) is 8.83. The molecule has 0 saturated heterocycles. The topological polar surface area (TPSA) is 29.0 Å². The Kier molecular flexibility index (Phi) is 3.48. The predicted octanol–water partition coefficient (Wildman–Crippen LogP) is 3.53. The molecule has 5 heteroatoms. The SMILES string of the molecule is Clc1nnc(CN2CCCCc3ccccc32)s1. The highest BCUT2D eigenvalue weighted by Crippen LogP contribution is 2.28. The van der Waals surface area contributed by atoms with Crippen molar-refractivity contribution in [3.05, 3.63) is 39.3 Å². The third-order valence-corrected chi connectivity index (χ3v) is 4.23. The highest BCUT2D eigenvalue weighted by atomic mass is 35.5. The number of para-hydroxylation sites is 1. The molecule has 1 aliphatic heterocycles. The largest absolute Gasteiger partial charge is 0.364 e. The van der Waals surface area contributed by atoms with Gasteiger partial charge < -0.3 is 4.90 Å². The summed E-state index contributed by atoms with van der Waals surface area (Å²) >= 11 is 7.30. The molecule has 0 atom stereocenters. The predicted molar refractivity (Wildman–Crippen MR) is 75.3 cm³/mol. The van der Waals surface area contributed by atoms with Crippen molar-refractivity contribution in [3.63, 3.8) is 0 Å². The molecule has 0 saturated carbocycles. The standard InChI is InChI=1S/C13H14ClN3S/c14-13-16-15-12(18-13)9-17-8-4-3-6-10-5-1-2-7-11(10)17/h1-2,5,7H,3-4,6,8-9H2. The molecule has 0 fully saturated rings. The van der Waals surface area contributed by atoms with E-state index in [-0.39, 0.29) is 0 Å². The molecular formula is C13H14ClN3S. The maximum atomic E-state index is 5.84. The molecule has 3 rings (SSSR count). The lowest BCUT2D eigenvalue weighted by Gasteiger charge is -2.23. The average Bonchev–Trinajstić information content (AvgIpc) is 2.68. The summed E-state index contributed by atoms with van der Waals surface area (Å²) in [5.41, 5.74) is 2.77. The van der Waals surface area contributed by atoms with Gasteiger partial charge in [0.2, 0.25) is 4.47 Å². The van der Waals surface area contributed by atoms with E-state index in [0.29, 0.717) is 4.47 Å². The van der Waals surface area contributed by atoms with Crippen molar-refractivity contribution in [2.45, 2.75) is 25.8 Å². The van der Waals surface area contributed by atoms with E-state index in [2.05, 4.69) is 39.4 Å². The summed E-state index contributed by atoms with van der Waals surface area (Å²) in [4.78, 5) is 2.39. The first kappa shape index (κ1) is 11.9. The van der Waals surface area contributed by atoms with Crippen LogP contribution in [0.1, 0.15) is 23.4 Å². The van der Waals surface area contributed by atoms with Gasteiger partial charge in [0.1, 0.15) is 5.01 Å². The van der Waals surface area contributed by atoms with Crippen molar-refractivity contribution in [2.24, 2.45) is 0 Å². The number of benzene rings is 1. The maximum Gasteiger partial charge on any atom is 0.207 e. The minimum absolute atomic E-state index is 0.521. The zero-order valence-electron chi connectivity index (χ0n) is 9.97. The van der Waals surface area contributed by atoms with Gasteiger partial charge in [0.25, 0.3) is 0 Å². The average molecular weight is 280 g/mol. The molecule has 0 spiro atoms. The molecule has 3 nitrogen and oxygen atoms in total. The van der Waals surface area contributed by atoms with E-state index in [1.54, 1.807) is 0 Å². The van der Waals surface area contributed by atoms with E-state index in [4.69, 9.17) is 11.6 Å². The van der Waals surface area contributed by atoms with Crippen LogP contribution in [-0.2, 0) is 13.0 Å². The van der Waals surface area contributed by atoms with Crippen LogP contribution in [0.4, 0.5) is 5.69 Å². The van der Waals surface area contributed by atoms with Gasteiger partial charge in [-0.15, -0.1) is 10.2 Å². The molecule has 1 aliphatic rings. The second kappa shape index (κ2) is 5.24. The maximum absolute atomic E-state index is 5.84. The number of anilines is 1. The lowest BCUT2D eigenvalue weighted by Crippen LogP contribution is -2.23. The van der Waals surface area contributed by atoms with Gasteiger partial charge in [0.15, 0.2) is 0 Å².